The van der Waals surface area contributed by atoms with Crippen molar-refractivity contribution < 1.29 is 9.53 Å². The molecule has 1 atom stereocenters. The zero-order valence-corrected chi connectivity index (χ0v) is 10.6. The van der Waals surface area contributed by atoms with Crippen LogP contribution in [0.25, 0.3) is 0 Å². The fraction of sp³-hybridized carbons (Fsp3) is 0.462. The number of carbonyl (C=O) groups is 1. The van der Waals surface area contributed by atoms with Crippen molar-refractivity contribution in [3.63, 3.8) is 0 Å². The third-order valence-electron chi connectivity index (χ3n) is 3.04. The second-order valence-electron chi connectivity index (χ2n) is 4.45. The molecule has 0 radical (unpaired) electrons. The predicted molar refractivity (Wildman–Crippen MR) is 70.3 cm³/mol. The highest BCUT2D eigenvalue weighted by atomic mass is 16.5. The standard InChI is InChI=1S/C13H19N3O2/c1-10-9-18-6-5-16(10)13(17)15-12-4-2-3-11(7-12)8-14/h2-4,7,10H,5-6,8-9,14H2,1H3,(H,15,17). The minimum atomic E-state index is -0.0834. The molecule has 2 amide bonds. The minimum Gasteiger partial charge on any atom is -0.377 e. The Morgan fingerprint density at radius 2 is 2.44 bits per heavy atom. The zero-order valence-electron chi connectivity index (χ0n) is 10.6. The number of ether oxygens (including phenoxy) is 1. The van der Waals surface area contributed by atoms with Crippen LogP contribution in [0.1, 0.15) is 12.5 Å². The first-order valence-corrected chi connectivity index (χ1v) is 6.15. The van der Waals surface area contributed by atoms with Crippen LogP contribution in [0.4, 0.5) is 10.5 Å². The molecule has 0 saturated carbocycles. The van der Waals surface area contributed by atoms with Gasteiger partial charge in [0.1, 0.15) is 0 Å². The predicted octanol–water partition coefficient (Wildman–Crippen LogP) is 1.40. The number of anilines is 1. The summed E-state index contributed by atoms with van der Waals surface area (Å²) in [6.07, 6.45) is 0. The summed E-state index contributed by atoms with van der Waals surface area (Å²) in [6, 6.07) is 7.61. The number of hydrogen-bond donors (Lipinski definition) is 2. The zero-order chi connectivity index (χ0) is 13.0. The van der Waals surface area contributed by atoms with E-state index in [2.05, 4.69) is 5.32 Å². The number of nitrogens with one attached hydrogen (secondary N) is 1. The van der Waals surface area contributed by atoms with Crippen molar-refractivity contribution in [3.05, 3.63) is 29.8 Å². The Bertz CT molecular complexity index is 422. The van der Waals surface area contributed by atoms with Gasteiger partial charge in [-0.1, -0.05) is 12.1 Å². The van der Waals surface area contributed by atoms with E-state index in [1.54, 1.807) is 4.90 Å². The first-order valence-electron chi connectivity index (χ1n) is 6.15. The Kier molecular flexibility index (Phi) is 4.17. The smallest absolute Gasteiger partial charge is 0.322 e. The van der Waals surface area contributed by atoms with E-state index < -0.39 is 0 Å². The molecule has 1 aromatic carbocycles. The van der Waals surface area contributed by atoms with Crippen LogP contribution in [0.5, 0.6) is 0 Å². The van der Waals surface area contributed by atoms with E-state index in [4.69, 9.17) is 10.5 Å². The van der Waals surface area contributed by atoms with Gasteiger partial charge in [0.25, 0.3) is 0 Å². The van der Waals surface area contributed by atoms with E-state index in [0.29, 0.717) is 26.3 Å². The van der Waals surface area contributed by atoms with Crippen molar-refractivity contribution in [1.29, 1.82) is 0 Å². The lowest BCUT2D eigenvalue weighted by Crippen LogP contribution is -2.48. The second-order valence-corrected chi connectivity index (χ2v) is 4.45. The maximum Gasteiger partial charge on any atom is 0.322 e. The summed E-state index contributed by atoms with van der Waals surface area (Å²) in [5.41, 5.74) is 7.36. The summed E-state index contributed by atoms with van der Waals surface area (Å²) in [6.45, 7) is 4.27. The molecule has 1 aliphatic heterocycles. The fourth-order valence-electron chi connectivity index (χ4n) is 2.00. The molecule has 1 saturated heterocycles. The van der Waals surface area contributed by atoms with Gasteiger partial charge >= 0.3 is 6.03 Å². The van der Waals surface area contributed by atoms with E-state index in [0.717, 1.165) is 11.3 Å². The molecule has 5 nitrogen and oxygen atoms in total. The van der Waals surface area contributed by atoms with Gasteiger partial charge in [0.05, 0.1) is 19.3 Å². The maximum atomic E-state index is 12.1. The first kappa shape index (κ1) is 12.9. The lowest BCUT2D eigenvalue weighted by molar-refractivity contribution is 0.0222. The summed E-state index contributed by atoms with van der Waals surface area (Å²) < 4.78 is 5.31. The summed E-state index contributed by atoms with van der Waals surface area (Å²) >= 11 is 0. The van der Waals surface area contributed by atoms with Gasteiger partial charge in [0, 0.05) is 18.8 Å². The Morgan fingerprint density at radius 1 is 1.61 bits per heavy atom. The summed E-state index contributed by atoms with van der Waals surface area (Å²) in [5, 5.41) is 2.89. The Hall–Kier alpha value is -1.59. The van der Waals surface area contributed by atoms with E-state index in [-0.39, 0.29) is 12.1 Å². The molecule has 1 aromatic rings. The summed E-state index contributed by atoms with van der Waals surface area (Å²) in [5.74, 6) is 0. The van der Waals surface area contributed by atoms with Crippen LogP contribution in [-0.4, -0.2) is 36.7 Å². The topological polar surface area (TPSA) is 67.6 Å². The quantitative estimate of drug-likeness (QED) is 0.832. The van der Waals surface area contributed by atoms with Gasteiger partial charge in [-0.05, 0) is 24.6 Å². The van der Waals surface area contributed by atoms with Crippen LogP contribution in [0.15, 0.2) is 24.3 Å². The molecule has 1 unspecified atom stereocenters. The number of hydrogen-bond acceptors (Lipinski definition) is 3. The van der Waals surface area contributed by atoms with Gasteiger partial charge in [-0.2, -0.15) is 0 Å². The molecule has 0 bridgehead atoms. The van der Waals surface area contributed by atoms with Crippen molar-refractivity contribution in [2.45, 2.75) is 19.5 Å². The van der Waals surface area contributed by atoms with Crippen LogP contribution < -0.4 is 11.1 Å². The van der Waals surface area contributed by atoms with Gasteiger partial charge in [-0.25, -0.2) is 4.79 Å². The minimum absolute atomic E-state index is 0.0834. The Morgan fingerprint density at radius 3 is 3.17 bits per heavy atom. The molecule has 0 aromatic heterocycles. The lowest BCUT2D eigenvalue weighted by Gasteiger charge is -2.33. The third kappa shape index (κ3) is 3.00. The van der Waals surface area contributed by atoms with Gasteiger partial charge in [0.15, 0.2) is 0 Å². The molecule has 3 N–H and O–H groups in total. The lowest BCUT2D eigenvalue weighted by atomic mass is 10.2. The number of rotatable bonds is 2. The molecule has 98 valence electrons. The number of morpholine rings is 1. The largest absolute Gasteiger partial charge is 0.377 e. The highest BCUT2D eigenvalue weighted by Gasteiger charge is 2.23. The SMILES string of the molecule is CC1COCCN1C(=O)Nc1cccc(CN)c1. The normalized spacial score (nSPS) is 19.7. The van der Waals surface area contributed by atoms with Crippen molar-refractivity contribution in [3.8, 4) is 0 Å². The Labute approximate surface area is 107 Å². The number of carbonyl (C=O) groups excluding carboxylic acids is 1. The number of benzene rings is 1. The molecule has 1 aliphatic rings. The highest BCUT2D eigenvalue weighted by molar-refractivity contribution is 5.89. The average molecular weight is 249 g/mol. The fourth-order valence-corrected chi connectivity index (χ4v) is 2.00. The van der Waals surface area contributed by atoms with E-state index in [1.165, 1.54) is 0 Å². The average Bonchev–Trinajstić information content (AvgIpc) is 2.39. The van der Waals surface area contributed by atoms with E-state index >= 15 is 0 Å². The van der Waals surface area contributed by atoms with Crippen molar-refractivity contribution in [2.75, 3.05) is 25.1 Å². The monoisotopic (exact) mass is 249 g/mol. The molecule has 2 rings (SSSR count). The molecular weight excluding hydrogens is 230 g/mol. The highest BCUT2D eigenvalue weighted by Crippen LogP contribution is 2.13. The third-order valence-corrected chi connectivity index (χ3v) is 3.04. The Balaban J connectivity index is 2.01. The van der Waals surface area contributed by atoms with Crippen LogP contribution in [-0.2, 0) is 11.3 Å². The molecule has 18 heavy (non-hydrogen) atoms. The molecule has 1 fully saturated rings. The van der Waals surface area contributed by atoms with Crippen LogP contribution in [0.2, 0.25) is 0 Å². The van der Waals surface area contributed by atoms with Crippen LogP contribution in [0.3, 0.4) is 0 Å². The van der Waals surface area contributed by atoms with Gasteiger partial charge < -0.3 is 20.7 Å². The van der Waals surface area contributed by atoms with Crippen molar-refractivity contribution in [1.82, 2.24) is 4.90 Å². The van der Waals surface area contributed by atoms with Crippen molar-refractivity contribution in [2.24, 2.45) is 5.73 Å². The van der Waals surface area contributed by atoms with E-state index in [9.17, 15) is 4.79 Å². The molecule has 5 heteroatoms. The van der Waals surface area contributed by atoms with Gasteiger partial charge in [-0.3, -0.25) is 0 Å². The van der Waals surface area contributed by atoms with Crippen LogP contribution in [0, 0.1) is 0 Å². The molecular formula is C13H19N3O2. The van der Waals surface area contributed by atoms with Gasteiger partial charge in [0.2, 0.25) is 0 Å². The summed E-state index contributed by atoms with van der Waals surface area (Å²) in [4.78, 5) is 13.9. The first-order chi connectivity index (χ1) is 8.70. The number of urea groups is 1. The number of amides is 2. The summed E-state index contributed by atoms with van der Waals surface area (Å²) in [7, 11) is 0. The second kappa shape index (κ2) is 5.84. The van der Waals surface area contributed by atoms with E-state index in [1.807, 2.05) is 31.2 Å². The number of nitrogens with zero attached hydrogens (tertiary/aromatic N) is 1. The van der Waals surface area contributed by atoms with Crippen LogP contribution >= 0.6 is 0 Å². The number of nitrogens with two attached hydrogens (primary N) is 1. The maximum absolute atomic E-state index is 12.1. The van der Waals surface area contributed by atoms with Gasteiger partial charge in [-0.15, -0.1) is 0 Å². The molecule has 0 spiro atoms. The molecule has 1 heterocycles. The van der Waals surface area contributed by atoms with Crippen molar-refractivity contribution >= 4 is 11.7 Å². The molecule has 0 aliphatic carbocycles.